The summed E-state index contributed by atoms with van der Waals surface area (Å²) in [5.41, 5.74) is 0.517. The van der Waals surface area contributed by atoms with Crippen LogP contribution in [0, 0.1) is 5.92 Å². The van der Waals surface area contributed by atoms with Crippen molar-refractivity contribution in [3.63, 3.8) is 0 Å². The van der Waals surface area contributed by atoms with E-state index in [2.05, 4.69) is 22.7 Å². The summed E-state index contributed by atoms with van der Waals surface area (Å²) in [5.74, 6) is 0.160. The van der Waals surface area contributed by atoms with Crippen LogP contribution >= 0.6 is 0 Å². The Bertz CT molecular complexity index is 616. The molecule has 0 radical (unpaired) electrons. The fourth-order valence-corrected chi connectivity index (χ4v) is 3.95. The molecule has 3 heterocycles. The van der Waals surface area contributed by atoms with Gasteiger partial charge in [0.2, 0.25) is 5.91 Å². The molecule has 1 aromatic heterocycles. The summed E-state index contributed by atoms with van der Waals surface area (Å²) < 4.78 is 1.93. The molecule has 2 fully saturated rings. The average molecular weight is 376 g/mol. The molecular weight excluding hydrogens is 342 g/mol. The third-order valence-corrected chi connectivity index (χ3v) is 5.70. The molecule has 2 saturated heterocycles. The summed E-state index contributed by atoms with van der Waals surface area (Å²) in [6, 6.07) is 2.16. The predicted octanol–water partition coefficient (Wildman–Crippen LogP) is 1.97. The van der Waals surface area contributed by atoms with E-state index in [1.165, 1.54) is 0 Å². The van der Waals surface area contributed by atoms with Crippen molar-refractivity contribution in [3.8, 4) is 0 Å². The van der Waals surface area contributed by atoms with E-state index in [9.17, 15) is 9.59 Å². The highest BCUT2D eigenvalue weighted by molar-refractivity contribution is 5.92. The molecular formula is C20H33N5O2. The number of aromatic nitrogens is 2. The zero-order chi connectivity index (χ0) is 19.1. The van der Waals surface area contributed by atoms with Crippen molar-refractivity contribution >= 4 is 11.8 Å². The van der Waals surface area contributed by atoms with Gasteiger partial charge in [-0.15, -0.1) is 0 Å². The van der Waals surface area contributed by atoms with Crippen LogP contribution in [0.1, 0.15) is 68.4 Å². The number of nitrogens with zero attached hydrogens (tertiary/aromatic N) is 3. The van der Waals surface area contributed by atoms with Gasteiger partial charge in [-0.1, -0.05) is 19.8 Å². The normalized spacial score (nSPS) is 21.2. The summed E-state index contributed by atoms with van der Waals surface area (Å²) >= 11 is 0. The summed E-state index contributed by atoms with van der Waals surface area (Å²) in [7, 11) is 0. The molecule has 2 aliphatic heterocycles. The van der Waals surface area contributed by atoms with Gasteiger partial charge in [-0.05, 0) is 44.7 Å². The summed E-state index contributed by atoms with van der Waals surface area (Å²) in [4.78, 5) is 26.8. The van der Waals surface area contributed by atoms with E-state index in [-0.39, 0.29) is 17.7 Å². The van der Waals surface area contributed by atoms with Gasteiger partial charge < -0.3 is 15.5 Å². The van der Waals surface area contributed by atoms with Crippen molar-refractivity contribution in [3.05, 3.63) is 18.0 Å². The maximum Gasteiger partial charge on any atom is 0.274 e. The van der Waals surface area contributed by atoms with Crippen LogP contribution < -0.4 is 10.6 Å². The van der Waals surface area contributed by atoms with Crippen molar-refractivity contribution in [1.29, 1.82) is 0 Å². The minimum Gasteiger partial charge on any atom is -0.356 e. The second-order valence-corrected chi connectivity index (χ2v) is 7.75. The zero-order valence-electron chi connectivity index (χ0n) is 16.5. The lowest BCUT2D eigenvalue weighted by Crippen LogP contribution is -2.43. The van der Waals surface area contributed by atoms with E-state index < -0.39 is 0 Å². The molecule has 0 bridgehead atoms. The lowest BCUT2D eigenvalue weighted by atomic mass is 9.95. The molecule has 2 amide bonds. The van der Waals surface area contributed by atoms with Gasteiger partial charge >= 0.3 is 0 Å². The molecule has 7 heteroatoms. The first kappa shape index (κ1) is 19.9. The number of hydrogen-bond donors (Lipinski definition) is 2. The summed E-state index contributed by atoms with van der Waals surface area (Å²) in [6.07, 6.45) is 8.97. The average Bonchev–Trinajstić information content (AvgIpc) is 3.21. The third-order valence-electron chi connectivity index (χ3n) is 5.70. The minimum atomic E-state index is -0.0145. The number of unbranched alkanes of at least 4 members (excludes halogenated alkanes) is 2. The predicted molar refractivity (Wildman–Crippen MR) is 105 cm³/mol. The van der Waals surface area contributed by atoms with Gasteiger partial charge in [-0.25, -0.2) is 0 Å². The van der Waals surface area contributed by atoms with E-state index in [0.29, 0.717) is 24.8 Å². The van der Waals surface area contributed by atoms with Crippen molar-refractivity contribution in [2.24, 2.45) is 5.92 Å². The Labute approximate surface area is 161 Å². The van der Waals surface area contributed by atoms with Gasteiger partial charge in [0.25, 0.3) is 5.91 Å². The quantitative estimate of drug-likeness (QED) is 0.714. The number of piperidine rings is 2. The van der Waals surface area contributed by atoms with Crippen molar-refractivity contribution in [2.45, 2.75) is 57.9 Å². The number of carbonyl (C=O) groups is 2. The number of nitrogens with one attached hydrogen (secondary N) is 2. The standard InChI is InChI=1S/C20H33N5O2/c1-2-3-4-11-22-19(26)16-7-12-24(13-8-16)20(27)18-9-14-25(23-18)17-6-5-10-21-15-17/h9,14,16-17,21H,2-8,10-13,15H2,1H3,(H,22,26). The highest BCUT2D eigenvalue weighted by Crippen LogP contribution is 2.20. The third kappa shape index (κ3) is 5.31. The lowest BCUT2D eigenvalue weighted by Gasteiger charge is -2.31. The van der Waals surface area contributed by atoms with Gasteiger partial charge in [0.15, 0.2) is 0 Å². The van der Waals surface area contributed by atoms with Gasteiger partial charge in [-0.3, -0.25) is 14.3 Å². The van der Waals surface area contributed by atoms with E-state index >= 15 is 0 Å². The molecule has 0 spiro atoms. The second kappa shape index (κ2) is 9.88. The second-order valence-electron chi connectivity index (χ2n) is 7.75. The molecule has 7 nitrogen and oxygen atoms in total. The number of rotatable bonds is 7. The Morgan fingerprint density at radius 2 is 2.07 bits per heavy atom. The molecule has 1 atom stereocenters. The Morgan fingerprint density at radius 1 is 1.26 bits per heavy atom. The highest BCUT2D eigenvalue weighted by atomic mass is 16.2. The Balaban J connectivity index is 1.45. The molecule has 2 N–H and O–H groups in total. The van der Waals surface area contributed by atoms with Gasteiger partial charge in [0.05, 0.1) is 6.04 Å². The number of amides is 2. The molecule has 27 heavy (non-hydrogen) atoms. The first-order valence-corrected chi connectivity index (χ1v) is 10.5. The number of hydrogen-bond acceptors (Lipinski definition) is 4. The molecule has 0 aromatic carbocycles. The lowest BCUT2D eigenvalue weighted by molar-refractivity contribution is -0.126. The maximum atomic E-state index is 12.8. The maximum absolute atomic E-state index is 12.8. The number of likely N-dealkylation sites (tertiary alicyclic amines) is 1. The van der Waals surface area contributed by atoms with Crippen LogP contribution in [0.4, 0.5) is 0 Å². The Kier molecular flexibility index (Phi) is 7.26. The monoisotopic (exact) mass is 375 g/mol. The van der Waals surface area contributed by atoms with E-state index in [0.717, 1.165) is 64.6 Å². The molecule has 1 unspecified atom stereocenters. The van der Waals surface area contributed by atoms with Gasteiger partial charge in [0.1, 0.15) is 5.69 Å². The fraction of sp³-hybridized carbons (Fsp3) is 0.750. The minimum absolute atomic E-state index is 0.0145. The molecule has 0 aliphatic carbocycles. The smallest absolute Gasteiger partial charge is 0.274 e. The molecule has 2 aliphatic rings. The topological polar surface area (TPSA) is 79.3 Å². The van der Waals surface area contributed by atoms with Crippen molar-refractivity contribution in [2.75, 3.05) is 32.7 Å². The van der Waals surface area contributed by atoms with E-state index in [1.807, 2.05) is 21.8 Å². The van der Waals surface area contributed by atoms with Crippen LogP contribution in [0.5, 0.6) is 0 Å². The molecule has 150 valence electrons. The summed E-state index contributed by atoms with van der Waals surface area (Å²) in [6.45, 7) is 6.15. The van der Waals surface area contributed by atoms with Gasteiger partial charge in [0, 0.05) is 38.3 Å². The van der Waals surface area contributed by atoms with Crippen LogP contribution in [-0.2, 0) is 4.79 Å². The van der Waals surface area contributed by atoms with Crippen LogP contribution in [0.15, 0.2) is 12.3 Å². The largest absolute Gasteiger partial charge is 0.356 e. The van der Waals surface area contributed by atoms with Crippen LogP contribution in [0.3, 0.4) is 0 Å². The molecule has 3 rings (SSSR count). The van der Waals surface area contributed by atoms with Crippen LogP contribution in [0.2, 0.25) is 0 Å². The first-order chi connectivity index (χ1) is 13.2. The molecule has 0 saturated carbocycles. The fourth-order valence-electron chi connectivity index (χ4n) is 3.95. The zero-order valence-corrected chi connectivity index (χ0v) is 16.5. The number of carbonyl (C=O) groups excluding carboxylic acids is 2. The highest BCUT2D eigenvalue weighted by Gasteiger charge is 2.29. The SMILES string of the molecule is CCCCCNC(=O)C1CCN(C(=O)c2ccn(C3CCCNC3)n2)CC1. The molecule has 1 aromatic rings. The van der Waals surface area contributed by atoms with E-state index in [4.69, 9.17) is 0 Å². The summed E-state index contributed by atoms with van der Waals surface area (Å²) in [5, 5.41) is 10.9. The van der Waals surface area contributed by atoms with Crippen molar-refractivity contribution < 1.29 is 9.59 Å². The van der Waals surface area contributed by atoms with Crippen LogP contribution in [-0.4, -0.2) is 59.2 Å². The van der Waals surface area contributed by atoms with Crippen molar-refractivity contribution in [1.82, 2.24) is 25.3 Å². The Morgan fingerprint density at radius 3 is 2.78 bits per heavy atom. The Hall–Kier alpha value is -1.89. The van der Waals surface area contributed by atoms with E-state index in [1.54, 1.807) is 0 Å². The van der Waals surface area contributed by atoms with Gasteiger partial charge in [-0.2, -0.15) is 5.10 Å². The van der Waals surface area contributed by atoms with Crippen LogP contribution in [0.25, 0.3) is 0 Å². The first-order valence-electron chi connectivity index (χ1n) is 10.5.